The van der Waals surface area contributed by atoms with Crippen LogP contribution in [0.5, 0.6) is 0 Å². The van der Waals surface area contributed by atoms with Crippen LogP contribution >= 0.6 is 27.7 Å². The standard InChI is InChI=1S/C15H20BrN5O2S2/c16-12-1-3-13(4-2-12)25(22,23)21-8-5-11(6-9-21)14-18-15(20-19-14)24-10-7-17/h1-4,11H,5-10,17H2,(H,18,19,20). The first-order chi connectivity index (χ1) is 12.0. The summed E-state index contributed by atoms with van der Waals surface area (Å²) in [5, 5.41) is 7.87. The highest BCUT2D eigenvalue weighted by Gasteiger charge is 2.31. The van der Waals surface area contributed by atoms with E-state index >= 15 is 0 Å². The minimum Gasteiger partial charge on any atom is -0.330 e. The van der Waals surface area contributed by atoms with E-state index in [1.54, 1.807) is 28.6 Å². The Balaban J connectivity index is 1.63. The highest BCUT2D eigenvalue weighted by molar-refractivity contribution is 9.10. The average Bonchev–Trinajstić information content (AvgIpc) is 3.09. The van der Waals surface area contributed by atoms with Gasteiger partial charge in [0.15, 0.2) is 0 Å². The van der Waals surface area contributed by atoms with Gasteiger partial charge in [0.05, 0.1) is 4.90 Å². The average molecular weight is 446 g/mol. The van der Waals surface area contributed by atoms with Crippen molar-refractivity contribution in [2.45, 2.75) is 28.8 Å². The van der Waals surface area contributed by atoms with Gasteiger partial charge in [-0.3, -0.25) is 5.10 Å². The third kappa shape index (κ3) is 4.43. The molecule has 0 amide bonds. The second kappa shape index (κ2) is 8.17. The molecule has 136 valence electrons. The van der Waals surface area contributed by atoms with Crippen molar-refractivity contribution in [3.8, 4) is 0 Å². The van der Waals surface area contributed by atoms with E-state index in [1.165, 1.54) is 11.8 Å². The minimum absolute atomic E-state index is 0.205. The lowest BCUT2D eigenvalue weighted by Gasteiger charge is -2.30. The van der Waals surface area contributed by atoms with Crippen molar-refractivity contribution < 1.29 is 8.42 Å². The van der Waals surface area contributed by atoms with Gasteiger partial charge >= 0.3 is 0 Å². The summed E-state index contributed by atoms with van der Waals surface area (Å²) in [7, 11) is -3.44. The fourth-order valence-corrected chi connectivity index (χ4v) is 5.09. The molecule has 3 rings (SSSR count). The molecule has 1 aromatic carbocycles. The lowest BCUT2D eigenvalue weighted by molar-refractivity contribution is 0.313. The largest absolute Gasteiger partial charge is 0.330 e. The Kier molecular flexibility index (Phi) is 6.16. The second-order valence-corrected chi connectivity index (χ2v) is 9.69. The number of hydrogen-bond donors (Lipinski definition) is 2. The number of aromatic nitrogens is 3. The maximum atomic E-state index is 12.7. The molecule has 1 aliphatic heterocycles. The molecule has 0 unspecified atom stereocenters. The number of aromatic amines is 1. The van der Waals surface area contributed by atoms with Crippen LogP contribution in [-0.2, 0) is 10.0 Å². The van der Waals surface area contributed by atoms with Gasteiger partial charge in [-0.15, -0.1) is 5.10 Å². The molecule has 1 saturated heterocycles. The number of piperidine rings is 1. The SMILES string of the molecule is NCCSc1n[nH]c(C2CCN(S(=O)(=O)c3ccc(Br)cc3)CC2)n1. The molecule has 0 atom stereocenters. The summed E-state index contributed by atoms with van der Waals surface area (Å²) in [5.74, 6) is 1.82. The third-order valence-electron chi connectivity index (χ3n) is 4.12. The number of nitrogens with two attached hydrogens (primary N) is 1. The smallest absolute Gasteiger partial charge is 0.243 e. The first-order valence-electron chi connectivity index (χ1n) is 8.01. The summed E-state index contributed by atoms with van der Waals surface area (Å²) in [6, 6.07) is 6.75. The molecule has 0 aliphatic carbocycles. The first kappa shape index (κ1) is 18.8. The molecule has 1 aliphatic rings. The molecule has 0 radical (unpaired) electrons. The summed E-state index contributed by atoms with van der Waals surface area (Å²) in [6.45, 7) is 1.55. The summed E-state index contributed by atoms with van der Waals surface area (Å²) in [4.78, 5) is 4.82. The van der Waals surface area contributed by atoms with Crippen LogP contribution in [0.3, 0.4) is 0 Å². The maximum absolute atomic E-state index is 12.7. The van der Waals surface area contributed by atoms with Gasteiger partial charge in [-0.25, -0.2) is 13.4 Å². The van der Waals surface area contributed by atoms with Gasteiger partial charge in [-0.1, -0.05) is 27.7 Å². The van der Waals surface area contributed by atoms with E-state index in [1.807, 2.05) is 0 Å². The normalized spacial score (nSPS) is 17.0. The molecule has 2 aromatic rings. The zero-order valence-corrected chi connectivity index (χ0v) is 16.8. The van der Waals surface area contributed by atoms with Gasteiger partial charge in [-0.2, -0.15) is 4.31 Å². The quantitative estimate of drug-likeness (QED) is 0.660. The Morgan fingerprint density at radius 3 is 2.60 bits per heavy atom. The van der Waals surface area contributed by atoms with E-state index in [0.29, 0.717) is 29.7 Å². The highest BCUT2D eigenvalue weighted by atomic mass is 79.9. The van der Waals surface area contributed by atoms with E-state index in [-0.39, 0.29) is 5.92 Å². The zero-order chi connectivity index (χ0) is 17.9. The summed E-state index contributed by atoms with van der Waals surface area (Å²) in [6.07, 6.45) is 1.46. The van der Waals surface area contributed by atoms with Crippen LogP contribution < -0.4 is 5.73 Å². The molecule has 3 N–H and O–H groups in total. The van der Waals surface area contributed by atoms with Gasteiger partial charge in [0.1, 0.15) is 5.82 Å². The van der Waals surface area contributed by atoms with Crippen molar-refractivity contribution in [2.75, 3.05) is 25.4 Å². The fourth-order valence-electron chi connectivity index (χ4n) is 2.78. The Bertz CT molecular complexity index is 802. The molecule has 0 spiro atoms. The summed E-state index contributed by atoms with van der Waals surface area (Å²) in [5.41, 5.74) is 5.49. The van der Waals surface area contributed by atoms with Crippen LogP contribution in [0.1, 0.15) is 24.6 Å². The number of rotatable bonds is 6. The first-order valence-corrected chi connectivity index (χ1v) is 11.2. The molecular weight excluding hydrogens is 426 g/mol. The van der Waals surface area contributed by atoms with Crippen molar-refractivity contribution in [1.29, 1.82) is 0 Å². The van der Waals surface area contributed by atoms with E-state index in [2.05, 4.69) is 31.1 Å². The Morgan fingerprint density at radius 1 is 1.28 bits per heavy atom. The Labute approximate surface area is 160 Å². The van der Waals surface area contributed by atoms with E-state index in [4.69, 9.17) is 5.73 Å². The molecular formula is C15H20BrN5O2S2. The molecule has 10 heteroatoms. The number of thioether (sulfide) groups is 1. The Hall–Kier alpha value is -0.940. The van der Waals surface area contributed by atoms with Crippen LogP contribution in [0.25, 0.3) is 0 Å². The predicted octanol–water partition coefficient (Wildman–Crippen LogP) is 2.19. The van der Waals surface area contributed by atoms with Gasteiger partial charge in [-0.05, 0) is 37.1 Å². The van der Waals surface area contributed by atoms with E-state index in [9.17, 15) is 8.42 Å². The number of H-pyrrole nitrogens is 1. The molecule has 7 nitrogen and oxygen atoms in total. The number of hydrogen-bond acceptors (Lipinski definition) is 6. The number of benzene rings is 1. The van der Waals surface area contributed by atoms with E-state index < -0.39 is 10.0 Å². The van der Waals surface area contributed by atoms with Crippen molar-refractivity contribution in [1.82, 2.24) is 19.5 Å². The maximum Gasteiger partial charge on any atom is 0.243 e. The monoisotopic (exact) mass is 445 g/mol. The second-order valence-electron chi connectivity index (χ2n) is 5.77. The van der Waals surface area contributed by atoms with Crippen molar-refractivity contribution >= 4 is 37.7 Å². The molecule has 25 heavy (non-hydrogen) atoms. The summed E-state index contributed by atoms with van der Waals surface area (Å²) < 4.78 is 27.9. The molecule has 0 saturated carbocycles. The summed E-state index contributed by atoms with van der Waals surface area (Å²) >= 11 is 4.85. The zero-order valence-electron chi connectivity index (χ0n) is 13.6. The lowest BCUT2D eigenvalue weighted by Crippen LogP contribution is -2.38. The van der Waals surface area contributed by atoms with E-state index in [0.717, 1.165) is 28.9 Å². The van der Waals surface area contributed by atoms with Crippen LogP contribution in [0.15, 0.2) is 38.8 Å². The Morgan fingerprint density at radius 2 is 1.96 bits per heavy atom. The lowest BCUT2D eigenvalue weighted by atomic mass is 9.98. The van der Waals surface area contributed by atoms with Gasteiger partial charge in [0.25, 0.3) is 0 Å². The fraction of sp³-hybridized carbons (Fsp3) is 0.467. The number of sulfonamides is 1. The van der Waals surface area contributed by atoms with Crippen LogP contribution in [0.4, 0.5) is 0 Å². The number of halogens is 1. The van der Waals surface area contributed by atoms with Gasteiger partial charge in [0.2, 0.25) is 15.2 Å². The van der Waals surface area contributed by atoms with Crippen LogP contribution in [-0.4, -0.2) is 53.3 Å². The molecule has 0 bridgehead atoms. The van der Waals surface area contributed by atoms with Crippen LogP contribution in [0, 0.1) is 0 Å². The van der Waals surface area contributed by atoms with Crippen molar-refractivity contribution in [3.05, 3.63) is 34.6 Å². The van der Waals surface area contributed by atoms with Gasteiger partial charge < -0.3 is 5.73 Å². The minimum atomic E-state index is -3.44. The topological polar surface area (TPSA) is 105 Å². The third-order valence-corrected chi connectivity index (χ3v) is 7.45. The van der Waals surface area contributed by atoms with Crippen molar-refractivity contribution in [2.24, 2.45) is 5.73 Å². The van der Waals surface area contributed by atoms with Gasteiger partial charge in [0, 0.05) is 35.8 Å². The number of nitrogens with one attached hydrogen (secondary N) is 1. The molecule has 1 aromatic heterocycles. The van der Waals surface area contributed by atoms with Crippen molar-refractivity contribution in [3.63, 3.8) is 0 Å². The van der Waals surface area contributed by atoms with Crippen LogP contribution in [0.2, 0.25) is 0 Å². The number of nitrogens with zero attached hydrogens (tertiary/aromatic N) is 3. The molecule has 1 fully saturated rings. The predicted molar refractivity (Wildman–Crippen MR) is 101 cm³/mol. The molecule has 2 heterocycles. The highest BCUT2D eigenvalue weighted by Crippen LogP contribution is 2.30.